The molecular weight excluding hydrogens is 1110 g/mol. The quantitative estimate of drug-likeness (QED) is 0.0630. The predicted octanol–water partition coefficient (Wildman–Crippen LogP) is 23.3. The van der Waals surface area contributed by atoms with Crippen LogP contribution in [0.15, 0.2) is 230 Å². The van der Waals surface area contributed by atoms with Crippen molar-refractivity contribution >= 4 is 53.6 Å². The first-order chi connectivity index (χ1) is 44.4. The normalized spacial score (nSPS) is 26.1. The molecule has 0 spiro atoms. The lowest BCUT2D eigenvalue weighted by atomic mass is 9.63. The molecule has 9 aliphatic rings. The van der Waals surface area contributed by atoms with Crippen LogP contribution in [0.1, 0.15) is 162 Å². The Morgan fingerprint density at radius 1 is 0.611 bits per heavy atom. The van der Waals surface area contributed by atoms with Crippen molar-refractivity contribution in [2.24, 2.45) is 23.7 Å². The Morgan fingerprint density at radius 3 is 2.18 bits per heavy atom. The fourth-order valence-electron chi connectivity index (χ4n) is 18.0. The summed E-state index contributed by atoms with van der Waals surface area (Å²) in [7, 11) is -0.718. The minimum Gasteiger partial charge on any atom is -0.494 e. The molecule has 0 amide bonds. The Labute approximate surface area is 539 Å². The van der Waals surface area contributed by atoms with Crippen molar-refractivity contribution in [1.82, 2.24) is 4.57 Å². The summed E-state index contributed by atoms with van der Waals surface area (Å²) < 4.78 is 9.30. The maximum atomic E-state index is 6.70. The van der Waals surface area contributed by atoms with Gasteiger partial charge in [0.2, 0.25) is 0 Å². The van der Waals surface area contributed by atoms with Crippen LogP contribution in [0.25, 0.3) is 44.6 Å². The number of hydrogen-bond acceptors (Lipinski definition) is 2. The minimum absolute atomic E-state index is 0.0724. The summed E-state index contributed by atoms with van der Waals surface area (Å²) in [6.07, 6.45) is 64.3. The van der Waals surface area contributed by atoms with Crippen LogP contribution >= 0.6 is 0 Å². The summed E-state index contributed by atoms with van der Waals surface area (Å²) in [6.45, 7) is 11.6. The van der Waals surface area contributed by atoms with Crippen LogP contribution in [0.4, 0.5) is 11.4 Å². The number of rotatable bonds is 18. The third-order valence-electron chi connectivity index (χ3n) is 23.1. The summed E-state index contributed by atoms with van der Waals surface area (Å²) in [5.74, 6) is 4.08. The molecule has 0 N–H and O–H groups in total. The Balaban J connectivity index is 0.736. The lowest BCUT2D eigenvalue weighted by Crippen LogP contribution is -2.36. The molecule has 90 heavy (non-hydrogen) atoms. The summed E-state index contributed by atoms with van der Waals surface area (Å²) in [5.41, 5.74) is 23.0. The van der Waals surface area contributed by atoms with E-state index in [9.17, 15) is 0 Å². The molecule has 4 heteroatoms. The van der Waals surface area contributed by atoms with E-state index in [1.165, 1.54) is 124 Å². The highest BCUT2D eigenvalue weighted by Crippen LogP contribution is 2.62. The van der Waals surface area contributed by atoms with E-state index in [-0.39, 0.29) is 11.5 Å². The lowest BCUT2D eigenvalue weighted by Gasteiger charge is -2.42. The molecule has 457 valence electrons. The highest BCUT2D eigenvalue weighted by molar-refractivity contribution is 6.57. The SMILES string of the molecule is C=CC1CC=C(c2ccc3c(c2)c2cc(-c4ccc(N(c5ccc6c(c5)C(CC[Si](C)CCOc5ccc7c(c5)CCC(C5CCC(C=C)CC5)=C7)(C5=CCCC=C5)C5C=CCCC65)C5CC=C(C6=CC=CCC6)CC5)cc4)ccc2n3C2C=CC=CC2)CC1. The van der Waals surface area contributed by atoms with Gasteiger partial charge in [0, 0.05) is 53.4 Å². The van der Waals surface area contributed by atoms with Crippen LogP contribution in [0, 0.1) is 23.7 Å². The Hall–Kier alpha value is -7.40. The molecule has 0 bridgehead atoms. The van der Waals surface area contributed by atoms with Crippen molar-refractivity contribution in [3.63, 3.8) is 0 Å². The van der Waals surface area contributed by atoms with Crippen LogP contribution in [0.2, 0.25) is 18.6 Å². The number of fused-ring (bicyclic) bond motifs is 7. The van der Waals surface area contributed by atoms with E-state index >= 15 is 0 Å². The van der Waals surface area contributed by atoms with Gasteiger partial charge in [-0.1, -0.05) is 158 Å². The van der Waals surface area contributed by atoms with Crippen LogP contribution < -0.4 is 9.64 Å². The van der Waals surface area contributed by atoms with Crippen molar-refractivity contribution in [1.29, 1.82) is 0 Å². The van der Waals surface area contributed by atoms with Gasteiger partial charge in [-0.25, -0.2) is 0 Å². The van der Waals surface area contributed by atoms with Crippen LogP contribution in [0.5, 0.6) is 5.75 Å². The summed E-state index contributed by atoms with van der Waals surface area (Å²) >= 11 is 0. The highest BCUT2D eigenvalue weighted by Gasteiger charge is 2.53. The van der Waals surface area contributed by atoms with Gasteiger partial charge in [0.15, 0.2) is 0 Å². The van der Waals surface area contributed by atoms with E-state index in [0.29, 0.717) is 29.7 Å². The van der Waals surface area contributed by atoms with Gasteiger partial charge >= 0.3 is 0 Å². The number of hydrogen-bond donors (Lipinski definition) is 0. The highest BCUT2D eigenvalue weighted by atomic mass is 28.3. The van der Waals surface area contributed by atoms with Crippen molar-refractivity contribution in [3.8, 4) is 16.9 Å². The zero-order valence-corrected chi connectivity index (χ0v) is 54.6. The van der Waals surface area contributed by atoms with Crippen molar-refractivity contribution < 1.29 is 4.74 Å². The van der Waals surface area contributed by atoms with Crippen LogP contribution in [-0.2, 0) is 11.8 Å². The van der Waals surface area contributed by atoms with Gasteiger partial charge in [0.05, 0.1) is 12.6 Å². The maximum absolute atomic E-state index is 6.70. The molecule has 1 fully saturated rings. The topological polar surface area (TPSA) is 17.4 Å². The van der Waals surface area contributed by atoms with E-state index in [2.05, 4.69) is 230 Å². The summed E-state index contributed by atoms with van der Waals surface area (Å²) in [6, 6.07) is 42.2. The molecule has 6 aromatic rings. The van der Waals surface area contributed by atoms with Gasteiger partial charge in [-0.05, 0) is 286 Å². The standard InChI is InChI=1S/C86H93N2OSi/c1-4-60-25-29-64(30-26-60)67-33-34-69-56-77(47-39-68(69)55-67)89-52-54-90(3)53-51-86(72-19-11-7-12-20-72)82-24-16-15-23-78(82)79-48-46-76(59-83(79)86)87(74-42-35-63(36-43-74)62-17-9-6-10-18-62)75-44-37-66(38-45-75)71-41-50-85-81(58-71)80-57-70(65-31-27-61(5-2)28-32-65)40-49-84(80)88(85)73-21-13-8-14-22-73/h4-6,8-9,11,13-14,16-17,19-21,24,31,35,37-41,44-50,55-61,64,73-74,78,82H,1-2,7,10,12,15,18,22-23,25-30,32-34,36,42-43,51-54H2,3H3. The van der Waals surface area contributed by atoms with Gasteiger partial charge in [0.1, 0.15) is 5.75 Å². The number of ether oxygens (including phenoxy) is 1. The monoisotopic (exact) mass is 1200 g/mol. The zero-order chi connectivity index (χ0) is 60.5. The van der Waals surface area contributed by atoms with E-state index < -0.39 is 8.80 Å². The lowest BCUT2D eigenvalue weighted by molar-refractivity contribution is 0.330. The van der Waals surface area contributed by atoms with Gasteiger partial charge < -0.3 is 14.2 Å². The summed E-state index contributed by atoms with van der Waals surface area (Å²) in [5, 5.41) is 2.69. The van der Waals surface area contributed by atoms with Crippen molar-refractivity contribution in [2.45, 2.75) is 170 Å². The molecule has 9 aliphatic carbocycles. The molecule has 1 saturated carbocycles. The minimum atomic E-state index is -0.718. The average molecular weight is 1200 g/mol. The molecule has 6 atom stereocenters. The number of benzene rings is 5. The molecule has 15 rings (SSSR count). The predicted molar refractivity (Wildman–Crippen MR) is 386 cm³/mol. The van der Waals surface area contributed by atoms with Crippen LogP contribution in [0.3, 0.4) is 0 Å². The average Bonchev–Trinajstić information content (AvgIpc) is 1.60. The third-order valence-corrected chi connectivity index (χ3v) is 25.3. The van der Waals surface area contributed by atoms with E-state index in [4.69, 9.17) is 4.74 Å². The van der Waals surface area contributed by atoms with Crippen LogP contribution in [-0.4, -0.2) is 26.0 Å². The van der Waals surface area contributed by atoms with Gasteiger partial charge in [-0.15, -0.1) is 13.2 Å². The van der Waals surface area contributed by atoms with Gasteiger partial charge in [0.25, 0.3) is 0 Å². The fraction of sp³-hybridized carbons (Fsp3) is 0.372. The smallest absolute Gasteiger partial charge is 0.119 e. The largest absolute Gasteiger partial charge is 0.494 e. The molecule has 1 radical (unpaired) electrons. The van der Waals surface area contributed by atoms with Gasteiger partial charge in [-0.3, -0.25) is 0 Å². The van der Waals surface area contributed by atoms with Crippen molar-refractivity contribution in [3.05, 3.63) is 258 Å². The third kappa shape index (κ3) is 11.5. The second-order valence-electron chi connectivity index (χ2n) is 28.2. The fourth-order valence-corrected chi connectivity index (χ4v) is 19.5. The molecule has 5 aromatic carbocycles. The Bertz CT molecular complexity index is 4040. The molecule has 1 heterocycles. The Morgan fingerprint density at radius 2 is 1.42 bits per heavy atom. The second-order valence-corrected chi connectivity index (χ2v) is 31.1. The number of nitrogens with zero attached hydrogens (tertiary/aromatic N) is 2. The van der Waals surface area contributed by atoms with E-state index in [1.807, 2.05) is 0 Å². The molecular formula is C86H93N2OSi. The first-order valence-corrected chi connectivity index (χ1v) is 37.6. The first-order valence-electron chi connectivity index (χ1n) is 35.1. The number of anilines is 2. The Kier molecular flexibility index (Phi) is 17.1. The number of aryl methyl sites for hydroxylation is 1. The molecule has 3 nitrogen and oxygen atoms in total. The van der Waals surface area contributed by atoms with Gasteiger partial charge in [-0.2, -0.15) is 0 Å². The summed E-state index contributed by atoms with van der Waals surface area (Å²) in [4.78, 5) is 2.78. The van der Waals surface area contributed by atoms with E-state index in [0.717, 1.165) is 101 Å². The molecule has 1 aromatic heterocycles. The number of allylic oxidation sites excluding steroid dienone is 20. The second kappa shape index (κ2) is 26.1. The zero-order valence-electron chi connectivity index (χ0n) is 53.6. The molecule has 0 aliphatic heterocycles. The first kappa shape index (κ1) is 58.9. The van der Waals surface area contributed by atoms with Crippen molar-refractivity contribution in [2.75, 3.05) is 11.5 Å². The molecule has 0 saturated heterocycles. The number of aromatic nitrogens is 1. The molecule has 6 unspecified atom stereocenters. The maximum Gasteiger partial charge on any atom is 0.119 e. The van der Waals surface area contributed by atoms with E-state index in [1.54, 1.807) is 33.4 Å².